The van der Waals surface area contributed by atoms with Crippen molar-refractivity contribution in [1.29, 1.82) is 0 Å². The van der Waals surface area contributed by atoms with E-state index in [0.717, 1.165) is 42.3 Å². The SMILES string of the molecule is COc1ccc(COc2ccc(C(=O)C(=O)CCCN3CCCC3)cc2OCc2ccc(OC)cc2)cc1. The number of carbonyl (C=O) groups is 2. The fraction of sp³-hybridized carbons (Fsp3) is 0.355. The van der Waals surface area contributed by atoms with Crippen molar-refractivity contribution in [3.63, 3.8) is 0 Å². The van der Waals surface area contributed by atoms with E-state index in [1.807, 2.05) is 48.5 Å². The van der Waals surface area contributed by atoms with Gasteiger partial charge in [0.05, 0.1) is 14.2 Å². The van der Waals surface area contributed by atoms with Gasteiger partial charge in [0.25, 0.3) is 0 Å². The van der Waals surface area contributed by atoms with Crippen LogP contribution < -0.4 is 18.9 Å². The average molecular weight is 518 g/mol. The van der Waals surface area contributed by atoms with Crippen molar-refractivity contribution < 1.29 is 28.5 Å². The molecule has 0 saturated carbocycles. The zero-order valence-corrected chi connectivity index (χ0v) is 22.1. The van der Waals surface area contributed by atoms with Crippen molar-refractivity contribution in [2.75, 3.05) is 33.9 Å². The summed E-state index contributed by atoms with van der Waals surface area (Å²) in [4.78, 5) is 27.9. The van der Waals surface area contributed by atoms with Crippen LogP contribution in [0.3, 0.4) is 0 Å². The fourth-order valence-corrected chi connectivity index (χ4v) is 4.39. The quantitative estimate of drug-likeness (QED) is 0.207. The van der Waals surface area contributed by atoms with Crippen molar-refractivity contribution in [3.05, 3.63) is 83.4 Å². The normalized spacial score (nSPS) is 13.2. The molecule has 7 heteroatoms. The monoisotopic (exact) mass is 517 g/mol. The molecule has 0 N–H and O–H groups in total. The number of hydrogen-bond donors (Lipinski definition) is 0. The molecule has 0 atom stereocenters. The van der Waals surface area contributed by atoms with E-state index in [1.165, 1.54) is 12.8 Å². The average Bonchev–Trinajstić information content (AvgIpc) is 3.49. The van der Waals surface area contributed by atoms with Gasteiger partial charge in [-0.05, 0) is 92.5 Å². The summed E-state index contributed by atoms with van der Waals surface area (Å²) < 4.78 is 22.6. The molecule has 0 spiro atoms. The van der Waals surface area contributed by atoms with Gasteiger partial charge in [-0.3, -0.25) is 9.59 Å². The Balaban J connectivity index is 1.44. The lowest BCUT2D eigenvalue weighted by Gasteiger charge is -2.15. The summed E-state index contributed by atoms with van der Waals surface area (Å²) in [5.41, 5.74) is 2.19. The minimum Gasteiger partial charge on any atom is -0.497 e. The Hall–Kier alpha value is -3.84. The molecule has 1 saturated heterocycles. The largest absolute Gasteiger partial charge is 0.497 e. The van der Waals surface area contributed by atoms with E-state index >= 15 is 0 Å². The molecule has 1 fully saturated rings. The fourth-order valence-electron chi connectivity index (χ4n) is 4.39. The first kappa shape index (κ1) is 27.2. The van der Waals surface area contributed by atoms with Gasteiger partial charge in [0.1, 0.15) is 24.7 Å². The minimum absolute atomic E-state index is 0.243. The lowest BCUT2D eigenvalue weighted by atomic mass is 10.0. The zero-order valence-electron chi connectivity index (χ0n) is 22.1. The van der Waals surface area contributed by atoms with Gasteiger partial charge < -0.3 is 23.8 Å². The van der Waals surface area contributed by atoms with Gasteiger partial charge in [-0.2, -0.15) is 0 Å². The van der Waals surface area contributed by atoms with Crippen LogP contribution in [-0.2, 0) is 18.0 Å². The molecule has 3 aromatic rings. The maximum absolute atomic E-state index is 12.9. The summed E-state index contributed by atoms with van der Waals surface area (Å²) in [6.45, 7) is 3.59. The molecule has 3 aromatic carbocycles. The number of ketones is 2. The van der Waals surface area contributed by atoms with Gasteiger partial charge in [-0.25, -0.2) is 0 Å². The minimum atomic E-state index is -0.498. The van der Waals surface area contributed by atoms with Crippen LogP contribution in [0.1, 0.15) is 47.2 Å². The van der Waals surface area contributed by atoms with Gasteiger partial charge in [-0.1, -0.05) is 24.3 Å². The molecule has 1 heterocycles. The first-order valence-corrected chi connectivity index (χ1v) is 13.0. The Morgan fingerprint density at radius 3 is 1.84 bits per heavy atom. The number of benzene rings is 3. The second-order valence-corrected chi connectivity index (χ2v) is 9.34. The Bertz CT molecular complexity index is 1200. The van der Waals surface area contributed by atoms with Crippen molar-refractivity contribution in [2.45, 2.75) is 38.9 Å². The van der Waals surface area contributed by atoms with Crippen molar-refractivity contribution in [1.82, 2.24) is 4.90 Å². The predicted octanol–water partition coefficient (Wildman–Crippen LogP) is 5.49. The molecule has 1 aliphatic heterocycles. The Kier molecular flexibility index (Phi) is 9.76. The van der Waals surface area contributed by atoms with Gasteiger partial charge in [0, 0.05) is 12.0 Å². The van der Waals surface area contributed by atoms with E-state index in [1.54, 1.807) is 32.4 Å². The van der Waals surface area contributed by atoms with Gasteiger partial charge in [-0.15, -0.1) is 0 Å². The molecule has 38 heavy (non-hydrogen) atoms. The smallest absolute Gasteiger partial charge is 0.228 e. The molecular weight excluding hydrogens is 482 g/mol. The zero-order chi connectivity index (χ0) is 26.7. The van der Waals surface area contributed by atoms with Crippen LogP contribution >= 0.6 is 0 Å². The molecule has 0 radical (unpaired) electrons. The first-order valence-electron chi connectivity index (χ1n) is 13.0. The highest BCUT2D eigenvalue weighted by molar-refractivity contribution is 6.43. The third-order valence-electron chi connectivity index (χ3n) is 6.64. The van der Waals surface area contributed by atoms with Crippen LogP contribution in [-0.4, -0.2) is 50.3 Å². The number of methoxy groups -OCH3 is 2. The van der Waals surface area contributed by atoms with Gasteiger partial charge in [0.15, 0.2) is 11.5 Å². The van der Waals surface area contributed by atoms with Gasteiger partial charge >= 0.3 is 0 Å². The van der Waals surface area contributed by atoms with Crippen molar-refractivity contribution in [3.8, 4) is 23.0 Å². The molecule has 7 nitrogen and oxygen atoms in total. The van der Waals surface area contributed by atoms with Crippen LogP contribution in [0.4, 0.5) is 0 Å². The van der Waals surface area contributed by atoms with Crippen molar-refractivity contribution >= 4 is 11.6 Å². The molecule has 200 valence electrons. The predicted molar refractivity (Wildman–Crippen MR) is 145 cm³/mol. The molecule has 0 amide bonds. The number of nitrogens with zero attached hydrogens (tertiary/aromatic N) is 1. The summed E-state index contributed by atoms with van der Waals surface area (Å²) in [7, 11) is 3.24. The lowest BCUT2D eigenvalue weighted by molar-refractivity contribution is -0.115. The maximum Gasteiger partial charge on any atom is 0.228 e. The molecule has 4 rings (SSSR count). The maximum atomic E-state index is 12.9. The number of rotatable bonds is 14. The van der Waals surface area contributed by atoms with Crippen LogP contribution in [0.25, 0.3) is 0 Å². The third kappa shape index (κ3) is 7.59. The second kappa shape index (κ2) is 13.6. The van der Waals surface area contributed by atoms with Crippen molar-refractivity contribution in [2.24, 2.45) is 0 Å². The summed E-state index contributed by atoms with van der Waals surface area (Å²) >= 11 is 0. The van der Waals surface area contributed by atoms with Crippen LogP contribution in [0.5, 0.6) is 23.0 Å². The molecule has 0 bridgehead atoms. The second-order valence-electron chi connectivity index (χ2n) is 9.34. The third-order valence-corrected chi connectivity index (χ3v) is 6.64. The van der Waals surface area contributed by atoms with Crippen LogP contribution in [0.2, 0.25) is 0 Å². The summed E-state index contributed by atoms with van der Waals surface area (Å²) in [6, 6.07) is 20.1. The summed E-state index contributed by atoms with van der Waals surface area (Å²) in [5.74, 6) is 1.55. The molecule has 0 aromatic heterocycles. The van der Waals surface area contributed by atoms with E-state index in [4.69, 9.17) is 18.9 Å². The van der Waals surface area contributed by atoms with E-state index in [0.29, 0.717) is 30.1 Å². The summed E-state index contributed by atoms with van der Waals surface area (Å²) in [6.07, 6.45) is 3.35. The molecule has 1 aliphatic rings. The number of ether oxygens (including phenoxy) is 4. The Morgan fingerprint density at radius 1 is 0.737 bits per heavy atom. The van der Waals surface area contributed by atoms with E-state index in [-0.39, 0.29) is 18.8 Å². The topological polar surface area (TPSA) is 74.3 Å². The number of carbonyl (C=O) groups excluding carboxylic acids is 2. The first-order chi connectivity index (χ1) is 18.6. The van der Waals surface area contributed by atoms with E-state index < -0.39 is 5.78 Å². The Morgan fingerprint density at radius 2 is 1.29 bits per heavy atom. The standard InChI is InChI=1S/C31H35NO6/c1-35-26-12-7-23(8-13-26)21-37-29-16-11-25(31(34)28(33)6-5-19-32-17-3-4-18-32)20-30(29)38-22-24-9-14-27(36-2)15-10-24/h7-16,20H,3-6,17-19,21-22H2,1-2H3. The van der Waals surface area contributed by atoms with Crippen LogP contribution in [0, 0.1) is 0 Å². The molecule has 0 aliphatic carbocycles. The Labute approximate surface area is 224 Å². The molecule has 0 unspecified atom stereocenters. The lowest BCUT2D eigenvalue weighted by Crippen LogP contribution is -2.22. The highest BCUT2D eigenvalue weighted by Crippen LogP contribution is 2.31. The van der Waals surface area contributed by atoms with Crippen LogP contribution in [0.15, 0.2) is 66.7 Å². The highest BCUT2D eigenvalue weighted by atomic mass is 16.5. The number of hydrogen-bond acceptors (Lipinski definition) is 7. The highest BCUT2D eigenvalue weighted by Gasteiger charge is 2.20. The number of likely N-dealkylation sites (tertiary alicyclic amines) is 1. The van der Waals surface area contributed by atoms with Gasteiger partial charge in [0.2, 0.25) is 11.6 Å². The molecular formula is C31H35NO6. The van der Waals surface area contributed by atoms with E-state index in [9.17, 15) is 9.59 Å². The summed E-state index contributed by atoms with van der Waals surface area (Å²) in [5, 5.41) is 0. The number of Topliss-reactive ketones (excluding diaryl/α,β-unsaturated/α-hetero) is 2. The van der Waals surface area contributed by atoms with E-state index in [2.05, 4.69) is 4.90 Å².